The summed E-state index contributed by atoms with van der Waals surface area (Å²) in [5.74, 6) is -1.42. The molecule has 4 saturated heterocycles. The highest BCUT2D eigenvalue weighted by atomic mass is 16.8. The number of ether oxygens (including phenoxy) is 13. The lowest BCUT2D eigenvalue weighted by molar-refractivity contribution is -0.347. The summed E-state index contributed by atoms with van der Waals surface area (Å²) in [5, 5.41) is 36.3. The number of allylic oxidation sites excluding steroid dienone is 1. The number of rotatable bonds is 16. The van der Waals surface area contributed by atoms with Gasteiger partial charge >= 0.3 is 5.97 Å². The third-order valence-electron chi connectivity index (χ3n) is 19.4. The zero-order valence-corrected chi connectivity index (χ0v) is 46.5. The second kappa shape index (κ2) is 23.0. The number of aliphatic hydroxyl groups excluding tert-OH is 1. The van der Waals surface area contributed by atoms with Crippen LogP contribution < -0.4 is 0 Å². The second-order valence-corrected chi connectivity index (χ2v) is 23.8. The number of hydrogen-bond donors (Lipinski definition) is 3. The molecule has 18 heteroatoms. The van der Waals surface area contributed by atoms with Crippen molar-refractivity contribution in [3.63, 3.8) is 0 Å². The third-order valence-corrected chi connectivity index (χ3v) is 19.4. The first-order chi connectivity index (χ1) is 34.9. The quantitative estimate of drug-likeness (QED) is 0.0917. The number of fused-ring (bicyclic) bond motifs is 5. The van der Waals surface area contributed by atoms with Crippen molar-refractivity contribution in [2.45, 2.75) is 262 Å². The van der Waals surface area contributed by atoms with Crippen molar-refractivity contribution in [2.24, 2.45) is 28.6 Å². The molecule has 0 aromatic carbocycles. The van der Waals surface area contributed by atoms with Gasteiger partial charge in [-0.2, -0.15) is 0 Å². The Labute approximate surface area is 439 Å². The molecule has 0 radical (unpaired) electrons. The summed E-state index contributed by atoms with van der Waals surface area (Å²) in [6, 6.07) is 0. The van der Waals surface area contributed by atoms with Crippen LogP contribution in [0.1, 0.15) is 140 Å². The molecule has 4 heterocycles. The fraction of sp³-hybridized carbons (Fsp3) is 0.893. The molecule has 0 bridgehead atoms. The minimum absolute atomic E-state index is 0.0737. The summed E-state index contributed by atoms with van der Waals surface area (Å²) < 4.78 is 81.8. The molecule has 3 N–H and O–H groups in total. The molecule has 7 fully saturated rings. The van der Waals surface area contributed by atoms with Gasteiger partial charge in [-0.25, -0.2) is 4.79 Å². The predicted molar refractivity (Wildman–Crippen MR) is 267 cm³/mol. The Kier molecular flexibility index (Phi) is 18.1. The molecule has 0 aromatic rings. The average Bonchev–Trinajstić information content (AvgIpc) is 3.65. The normalized spacial score (nSPS) is 48.8. The summed E-state index contributed by atoms with van der Waals surface area (Å²) >= 11 is 0. The van der Waals surface area contributed by atoms with Gasteiger partial charge in [-0.1, -0.05) is 44.9 Å². The van der Waals surface area contributed by atoms with Crippen molar-refractivity contribution in [3.8, 4) is 0 Å². The maximum atomic E-state index is 13.6. The van der Waals surface area contributed by atoms with Crippen LogP contribution in [0.4, 0.5) is 0 Å². The van der Waals surface area contributed by atoms with Gasteiger partial charge in [-0.3, -0.25) is 4.79 Å². The Morgan fingerprint density at radius 2 is 1.15 bits per heavy atom. The first-order valence-corrected chi connectivity index (χ1v) is 27.5. The fourth-order valence-electron chi connectivity index (χ4n) is 14.7. The molecule has 3 saturated carbocycles. The first-order valence-electron chi connectivity index (χ1n) is 27.5. The van der Waals surface area contributed by atoms with Crippen LogP contribution in [-0.4, -0.2) is 177 Å². The fourth-order valence-corrected chi connectivity index (χ4v) is 14.7. The van der Waals surface area contributed by atoms with Crippen LogP contribution in [0.25, 0.3) is 0 Å². The van der Waals surface area contributed by atoms with E-state index in [0.29, 0.717) is 57.8 Å². The van der Waals surface area contributed by atoms with Crippen molar-refractivity contribution in [2.75, 3.05) is 28.4 Å². The highest BCUT2D eigenvalue weighted by molar-refractivity contribution is 5.83. The predicted octanol–water partition coefficient (Wildman–Crippen LogP) is 6.01. The van der Waals surface area contributed by atoms with Gasteiger partial charge < -0.3 is 76.9 Å². The topological polar surface area (TPSA) is 215 Å². The number of carbonyl (C=O) groups is 2. The smallest absolute Gasteiger partial charge is 0.330 e. The van der Waals surface area contributed by atoms with Crippen LogP contribution in [0.5, 0.6) is 0 Å². The maximum Gasteiger partial charge on any atom is 0.330 e. The summed E-state index contributed by atoms with van der Waals surface area (Å²) in [6.07, 6.45) is -0.519. The van der Waals surface area contributed by atoms with Crippen LogP contribution in [0.3, 0.4) is 0 Å². The van der Waals surface area contributed by atoms with E-state index in [1.165, 1.54) is 13.0 Å². The standard InChI is InChI=1S/C56H90O18/c1-28(2)29(3)21-44(58)71-43-27-42-53(9)18-16-36(22-35(53)15-19-55(42,60)56(61)20-17-37(30(4)57)54(43,56)10)70-45-24-39(63-12)50(32(6)67-45)73-47-26-41(65-14)52(34(8)69-47)74-48-25-40(64-13)51(33(7)68-48)72-46-23-38(62-11)49(59)31(5)66-46/h15,21,28,31-34,36-43,45-52,59-61H,16-20,22-27H2,1-14H3/b29-21+/t31-,32-,33-,34-,36+,37+,38-,39+,40-,41-,42-,43-,45+,46+,47+,48+,49-,50-,51-,52-,53+,54+,55+,56-/m1/s1. The van der Waals surface area contributed by atoms with Gasteiger partial charge in [-0.15, -0.1) is 0 Å². The number of hydrogen-bond acceptors (Lipinski definition) is 18. The molecule has 4 aliphatic heterocycles. The molecule has 422 valence electrons. The van der Waals surface area contributed by atoms with Gasteiger partial charge in [0.05, 0.1) is 54.9 Å². The number of ketones is 1. The minimum Gasteiger partial charge on any atom is -0.458 e. The van der Waals surface area contributed by atoms with Crippen LogP contribution in [0.2, 0.25) is 0 Å². The lowest BCUT2D eigenvalue weighted by Crippen LogP contribution is -2.75. The molecule has 8 rings (SSSR count). The van der Waals surface area contributed by atoms with E-state index in [-0.39, 0.29) is 49.0 Å². The van der Waals surface area contributed by atoms with Crippen molar-refractivity contribution in [1.29, 1.82) is 0 Å². The Balaban J connectivity index is 0.869. The lowest BCUT2D eigenvalue weighted by Gasteiger charge is -2.66. The Bertz CT molecular complexity index is 2020. The molecule has 74 heavy (non-hydrogen) atoms. The van der Waals surface area contributed by atoms with E-state index in [1.807, 2.05) is 48.5 Å². The summed E-state index contributed by atoms with van der Waals surface area (Å²) in [5.41, 5.74) is -2.87. The number of esters is 1. The zero-order valence-electron chi connectivity index (χ0n) is 46.5. The summed E-state index contributed by atoms with van der Waals surface area (Å²) in [4.78, 5) is 26.8. The van der Waals surface area contributed by atoms with Crippen molar-refractivity contribution >= 4 is 11.8 Å². The van der Waals surface area contributed by atoms with E-state index in [1.54, 1.807) is 35.4 Å². The Morgan fingerprint density at radius 1 is 0.676 bits per heavy atom. The van der Waals surface area contributed by atoms with Crippen LogP contribution >= 0.6 is 0 Å². The van der Waals surface area contributed by atoms with E-state index in [0.717, 1.165) is 11.1 Å². The van der Waals surface area contributed by atoms with Gasteiger partial charge in [0.15, 0.2) is 25.2 Å². The van der Waals surface area contributed by atoms with Crippen molar-refractivity contribution in [1.82, 2.24) is 0 Å². The van der Waals surface area contributed by atoms with Crippen LogP contribution in [-0.2, 0) is 71.2 Å². The third kappa shape index (κ3) is 10.8. The van der Waals surface area contributed by atoms with Gasteiger partial charge in [0.1, 0.15) is 47.5 Å². The van der Waals surface area contributed by atoms with E-state index in [9.17, 15) is 24.9 Å². The number of aliphatic hydroxyl groups is 3. The van der Waals surface area contributed by atoms with Crippen molar-refractivity contribution < 1.29 is 86.5 Å². The molecule has 0 unspecified atom stereocenters. The zero-order chi connectivity index (χ0) is 53.8. The first kappa shape index (κ1) is 58.2. The van der Waals surface area contributed by atoms with E-state index < -0.39 is 126 Å². The number of Topliss-reactive ketones (excluding diaryl/α,β-unsaturated/α-hetero) is 1. The van der Waals surface area contributed by atoms with Crippen LogP contribution in [0.15, 0.2) is 23.3 Å². The van der Waals surface area contributed by atoms with Crippen molar-refractivity contribution in [3.05, 3.63) is 23.3 Å². The summed E-state index contributed by atoms with van der Waals surface area (Å²) in [7, 11) is 6.52. The molecular formula is C56H90O18. The van der Waals surface area contributed by atoms with Crippen LogP contribution in [0, 0.1) is 28.6 Å². The van der Waals surface area contributed by atoms with Gasteiger partial charge in [0.25, 0.3) is 0 Å². The second-order valence-electron chi connectivity index (χ2n) is 23.8. The highest BCUT2D eigenvalue weighted by Gasteiger charge is 2.77. The number of methoxy groups -OCH3 is 4. The highest BCUT2D eigenvalue weighted by Crippen LogP contribution is 2.70. The molecule has 8 aliphatic rings. The molecule has 18 nitrogen and oxygen atoms in total. The molecule has 4 aliphatic carbocycles. The van der Waals surface area contributed by atoms with E-state index >= 15 is 0 Å². The molecule has 0 aromatic heterocycles. The lowest BCUT2D eigenvalue weighted by atomic mass is 9.43. The largest absolute Gasteiger partial charge is 0.458 e. The SMILES string of the molecule is CO[C@H]1C[C@H](O[C@H]2CC[C@@]3(C)C(=CC[C@]4(O)[C@@H]3C[C@@H](OC(=O)/C=C(\C)C(C)C)[C@]3(C)[C@H](C(C)=O)CC[C@@]34O)C2)O[C@H](C)[C@H]1O[C@H]1C[C@@H](OC)[C@H](O[C@H]2C[C@@H](OC)[C@H](O[C@H]3C[C@@H](OC)[C@H](O)[C@@H](C)O3)[C@@H](C)O2)[C@@H](C)O1. The monoisotopic (exact) mass is 1050 g/mol. The molecule has 0 amide bonds. The molecule has 24 atom stereocenters. The average molecular weight is 1050 g/mol. The number of carbonyl (C=O) groups excluding carboxylic acids is 2. The van der Waals surface area contributed by atoms with E-state index in [2.05, 4.69) is 13.0 Å². The minimum atomic E-state index is -1.66. The summed E-state index contributed by atoms with van der Waals surface area (Å²) in [6.45, 7) is 19.1. The van der Waals surface area contributed by atoms with E-state index in [4.69, 9.17) is 61.6 Å². The Hall–Kier alpha value is -1.98. The van der Waals surface area contributed by atoms with Gasteiger partial charge in [0, 0.05) is 77.4 Å². The molecular weight excluding hydrogens is 961 g/mol. The molecule has 0 spiro atoms. The maximum absolute atomic E-state index is 13.6. The van der Waals surface area contributed by atoms with Gasteiger partial charge in [-0.05, 0) is 97.8 Å². The Morgan fingerprint density at radius 3 is 1.62 bits per heavy atom. The van der Waals surface area contributed by atoms with Gasteiger partial charge in [0.2, 0.25) is 0 Å².